The Hall–Kier alpha value is -2.19. The van der Waals surface area contributed by atoms with Crippen molar-refractivity contribution in [2.24, 2.45) is 0 Å². The van der Waals surface area contributed by atoms with Crippen LogP contribution in [0.25, 0.3) is 0 Å². The molecule has 0 bridgehead atoms. The molecule has 6 heteroatoms. The zero-order valence-corrected chi connectivity index (χ0v) is 22.7. The maximum absolute atomic E-state index is 11.6. The lowest BCUT2D eigenvalue weighted by molar-refractivity contribution is -0.322. The van der Waals surface area contributed by atoms with E-state index in [2.05, 4.69) is 45.9 Å². The number of aliphatic hydroxyl groups is 1. The largest absolute Gasteiger partial charge is 0.387 e. The van der Waals surface area contributed by atoms with Gasteiger partial charge in [0.1, 0.15) is 29.9 Å². The maximum atomic E-state index is 11.6. The Morgan fingerprint density at radius 1 is 0.946 bits per heavy atom. The molecule has 0 spiro atoms. The van der Waals surface area contributed by atoms with E-state index >= 15 is 0 Å². The molecule has 3 aromatic rings. The van der Waals surface area contributed by atoms with Gasteiger partial charge in [0, 0.05) is 10.5 Å². The van der Waals surface area contributed by atoms with Crippen molar-refractivity contribution in [3.63, 3.8) is 0 Å². The fourth-order valence-electron chi connectivity index (χ4n) is 4.70. The molecule has 0 radical (unpaired) electrons. The van der Waals surface area contributed by atoms with Crippen LogP contribution in [0.3, 0.4) is 0 Å². The summed E-state index contributed by atoms with van der Waals surface area (Å²) in [6.45, 7) is 9.45. The van der Waals surface area contributed by atoms with Gasteiger partial charge in [-0.05, 0) is 35.1 Å². The van der Waals surface area contributed by atoms with Crippen molar-refractivity contribution in [2.75, 3.05) is 6.61 Å². The zero-order chi connectivity index (χ0) is 26.0. The Balaban J connectivity index is 1.39. The summed E-state index contributed by atoms with van der Waals surface area (Å²) in [5.74, 6) is 0. The summed E-state index contributed by atoms with van der Waals surface area (Å²) >= 11 is 1.60. The van der Waals surface area contributed by atoms with Gasteiger partial charge in [0.15, 0.2) is 6.29 Å². The average molecular weight is 521 g/mol. The third kappa shape index (κ3) is 6.11. The molecule has 2 fully saturated rings. The van der Waals surface area contributed by atoms with Crippen molar-refractivity contribution in [1.29, 1.82) is 0 Å². The van der Waals surface area contributed by atoms with Crippen LogP contribution >= 0.6 is 11.8 Å². The number of thioether (sulfide) groups is 1. The fourth-order valence-corrected chi connectivity index (χ4v) is 5.98. The van der Waals surface area contributed by atoms with Gasteiger partial charge in [-0.25, -0.2) is 0 Å². The number of aliphatic hydroxyl groups excluding tert-OH is 1. The molecule has 6 atom stereocenters. The fraction of sp³-hybridized carbons (Fsp3) is 0.419. The SMILES string of the molecule is Cc1ccc(C(C)(C)C)cc1SC1OC2COC(c3ccccc3)OC2C(O)C1OCc1ccccc1. The third-order valence-electron chi connectivity index (χ3n) is 6.96. The first-order chi connectivity index (χ1) is 17.8. The van der Waals surface area contributed by atoms with E-state index in [4.69, 9.17) is 18.9 Å². The van der Waals surface area contributed by atoms with Crippen LogP contribution in [0.1, 0.15) is 49.3 Å². The Bertz CT molecular complexity index is 1160. The lowest BCUT2D eigenvalue weighted by Gasteiger charge is -2.47. The molecule has 1 N–H and O–H groups in total. The lowest BCUT2D eigenvalue weighted by Crippen LogP contribution is -2.61. The zero-order valence-electron chi connectivity index (χ0n) is 21.9. The monoisotopic (exact) mass is 520 g/mol. The minimum Gasteiger partial charge on any atom is -0.387 e. The number of benzene rings is 3. The van der Waals surface area contributed by atoms with Gasteiger partial charge in [-0.3, -0.25) is 0 Å². The normalized spacial score (nSPS) is 28.0. The van der Waals surface area contributed by atoms with E-state index in [9.17, 15) is 5.11 Å². The molecular weight excluding hydrogens is 484 g/mol. The third-order valence-corrected chi connectivity index (χ3v) is 8.27. The van der Waals surface area contributed by atoms with Gasteiger partial charge in [-0.15, -0.1) is 0 Å². The molecule has 0 amide bonds. The summed E-state index contributed by atoms with van der Waals surface area (Å²) in [5.41, 5.74) is 3.99. The van der Waals surface area contributed by atoms with Crippen LogP contribution < -0.4 is 0 Å². The van der Waals surface area contributed by atoms with E-state index in [0.717, 1.165) is 16.0 Å². The molecule has 0 aliphatic carbocycles. The number of fused-ring (bicyclic) bond motifs is 1. The molecule has 2 heterocycles. The minimum atomic E-state index is -0.874. The summed E-state index contributed by atoms with van der Waals surface area (Å²) in [7, 11) is 0. The Labute approximate surface area is 224 Å². The average Bonchev–Trinajstić information content (AvgIpc) is 2.90. The molecule has 2 aliphatic rings. The number of rotatable bonds is 6. The molecule has 3 aromatic carbocycles. The number of hydrogen-bond acceptors (Lipinski definition) is 6. The van der Waals surface area contributed by atoms with Crippen molar-refractivity contribution in [2.45, 2.75) is 80.8 Å². The molecule has 2 aliphatic heterocycles. The van der Waals surface area contributed by atoms with E-state index in [1.165, 1.54) is 11.1 Å². The molecule has 5 rings (SSSR count). The number of aryl methyl sites for hydroxylation is 1. The molecule has 196 valence electrons. The predicted octanol–water partition coefficient (Wildman–Crippen LogP) is 6.17. The molecule has 5 nitrogen and oxygen atoms in total. The standard InChI is InChI=1S/C31H36O5S/c1-20-15-16-23(31(2,3)4)17-25(20)37-30-28(33-18-21-11-7-5-8-12-21)26(32)27-24(35-30)19-34-29(36-27)22-13-9-6-10-14-22/h5-17,24,26-30,32H,18-19H2,1-4H3. The van der Waals surface area contributed by atoms with Crippen LogP contribution in [0.15, 0.2) is 83.8 Å². The second kappa shape index (κ2) is 11.3. The van der Waals surface area contributed by atoms with Crippen LogP contribution in [-0.2, 0) is 31.0 Å². The summed E-state index contributed by atoms with van der Waals surface area (Å²) < 4.78 is 25.2. The molecule has 6 unspecified atom stereocenters. The lowest BCUT2D eigenvalue weighted by atomic mass is 9.87. The van der Waals surface area contributed by atoms with E-state index in [1.807, 2.05) is 60.7 Å². The highest BCUT2D eigenvalue weighted by atomic mass is 32.2. The maximum Gasteiger partial charge on any atom is 0.184 e. The first-order valence-corrected chi connectivity index (χ1v) is 13.8. The second-order valence-corrected chi connectivity index (χ2v) is 12.0. The van der Waals surface area contributed by atoms with Gasteiger partial charge in [-0.2, -0.15) is 0 Å². The topological polar surface area (TPSA) is 57.2 Å². The van der Waals surface area contributed by atoms with E-state index in [0.29, 0.717) is 13.2 Å². The Morgan fingerprint density at radius 3 is 2.35 bits per heavy atom. The van der Waals surface area contributed by atoms with Crippen LogP contribution in [0.5, 0.6) is 0 Å². The van der Waals surface area contributed by atoms with Crippen LogP contribution in [-0.4, -0.2) is 41.6 Å². The van der Waals surface area contributed by atoms with Crippen LogP contribution in [0.4, 0.5) is 0 Å². The molecule has 37 heavy (non-hydrogen) atoms. The van der Waals surface area contributed by atoms with Crippen LogP contribution in [0, 0.1) is 6.92 Å². The van der Waals surface area contributed by atoms with Crippen molar-refractivity contribution < 1.29 is 24.1 Å². The van der Waals surface area contributed by atoms with E-state index < -0.39 is 36.1 Å². The summed E-state index contributed by atoms with van der Waals surface area (Å²) in [5, 5.41) is 11.6. The van der Waals surface area contributed by atoms with Crippen molar-refractivity contribution in [3.8, 4) is 0 Å². The molecule has 0 saturated carbocycles. The molecular formula is C31H36O5S. The second-order valence-electron chi connectivity index (χ2n) is 10.8. The highest BCUT2D eigenvalue weighted by Crippen LogP contribution is 2.41. The van der Waals surface area contributed by atoms with Gasteiger partial charge in [0.25, 0.3) is 0 Å². The van der Waals surface area contributed by atoms with Crippen molar-refractivity contribution in [1.82, 2.24) is 0 Å². The summed E-state index contributed by atoms with van der Waals surface area (Å²) in [4.78, 5) is 1.12. The van der Waals surface area contributed by atoms with E-state index in [1.54, 1.807) is 11.8 Å². The first kappa shape index (κ1) is 26.4. The predicted molar refractivity (Wildman–Crippen MR) is 145 cm³/mol. The first-order valence-electron chi connectivity index (χ1n) is 12.9. The van der Waals surface area contributed by atoms with Gasteiger partial charge >= 0.3 is 0 Å². The summed E-state index contributed by atoms with van der Waals surface area (Å²) in [6, 6.07) is 26.4. The quantitative estimate of drug-likeness (QED) is 0.420. The number of hydrogen-bond donors (Lipinski definition) is 1. The van der Waals surface area contributed by atoms with Gasteiger partial charge < -0.3 is 24.1 Å². The summed E-state index contributed by atoms with van der Waals surface area (Å²) in [6.07, 6.45) is -2.96. The van der Waals surface area contributed by atoms with Gasteiger partial charge in [0.2, 0.25) is 0 Å². The smallest absolute Gasteiger partial charge is 0.184 e. The van der Waals surface area contributed by atoms with Crippen molar-refractivity contribution >= 4 is 11.8 Å². The van der Waals surface area contributed by atoms with E-state index in [-0.39, 0.29) is 5.41 Å². The van der Waals surface area contributed by atoms with Gasteiger partial charge in [0.05, 0.1) is 13.2 Å². The number of ether oxygens (including phenoxy) is 4. The molecule has 0 aromatic heterocycles. The highest BCUT2D eigenvalue weighted by Gasteiger charge is 2.50. The van der Waals surface area contributed by atoms with Gasteiger partial charge in [-0.1, -0.05) is 105 Å². The highest BCUT2D eigenvalue weighted by molar-refractivity contribution is 7.99. The Kier molecular flexibility index (Phi) is 8.05. The van der Waals surface area contributed by atoms with Crippen molar-refractivity contribution in [3.05, 3.63) is 101 Å². The van der Waals surface area contributed by atoms with Crippen LogP contribution in [0.2, 0.25) is 0 Å². The molecule has 2 saturated heterocycles. The Morgan fingerprint density at radius 2 is 1.65 bits per heavy atom. The minimum absolute atomic E-state index is 0.0295.